The molecular weight excluding hydrogens is 404 g/mol. The zero-order valence-electron chi connectivity index (χ0n) is 17.8. The van der Waals surface area contributed by atoms with E-state index in [1.165, 1.54) is 18.4 Å². The zero-order chi connectivity index (χ0) is 21.5. The molecule has 0 bridgehead atoms. The van der Waals surface area contributed by atoms with Gasteiger partial charge in [0.25, 0.3) is 0 Å². The summed E-state index contributed by atoms with van der Waals surface area (Å²) in [7, 11) is -3.49. The number of nitrogens with zero attached hydrogens (tertiary/aromatic N) is 1. The second-order valence-corrected chi connectivity index (χ2v) is 10.0. The van der Waals surface area contributed by atoms with Crippen LogP contribution in [0.2, 0.25) is 0 Å². The standard InChI is InChI=1S/C26H30N2O2S/c29-31(30,26-13-11-25(12-14-26)24-9-5-2-6-10-24)27-17-20-28-18-15-23(16-19-28)21-22-7-3-1-4-8-22/h1-14,23,27H,15-21H2. The molecule has 31 heavy (non-hydrogen) atoms. The van der Waals surface area contributed by atoms with Gasteiger partial charge in [-0.1, -0.05) is 72.8 Å². The Morgan fingerprint density at radius 1 is 0.774 bits per heavy atom. The second kappa shape index (κ2) is 10.2. The van der Waals surface area contributed by atoms with Gasteiger partial charge in [0.1, 0.15) is 0 Å². The Hall–Kier alpha value is -2.47. The normalized spacial score (nSPS) is 15.7. The van der Waals surface area contributed by atoms with Crippen molar-refractivity contribution < 1.29 is 8.42 Å². The molecule has 4 rings (SSSR count). The van der Waals surface area contributed by atoms with E-state index >= 15 is 0 Å². The van der Waals surface area contributed by atoms with Crippen LogP contribution >= 0.6 is 0 Å². The highest BCUT2D eigenvalue weighted by atomic mass is 32.2. The number of hydrogen-bond acceptors (Lipinski definition) is 3. The van der Waals surface area contributed by atoms with E-state index < -0.39 is 10.0 Å². The minimum absolute atomic E-state index is 0.314. The molecule has 1 aliphatic rings. The first-order chi connectivity index (χ1) is 15.1. The average Bonchev–Trinajstić information content (AvgIpc) is 2.81. The van der Waals surface area contributed by atoms with Gasteiger partial charge in [-0.3, -0.25) is 0 Å². The monoisotopic (exact) mass is 434 g/mol. The fourth-order valence-corrected chi connectivity index (χ4v) is 5.26. The predicted octanol–water partition coefficient (Wildman–Crippen LogP) is 4.59. The minimum atomic E-state index is -3.49. The van der Waals surface area contributed by atoms with Crippen LogP contribution in [0.4, 0.5) is 0 Å². The van der Waals surface area contributed by atoms with E-state index in [1.807, 2.05) is 42.5 Å². The van der Waals surface area contributed by atoms with Crippen LogP contribution in [0.25, 0.3) is 11.1 Å². The molecule has 1 aliphatic heterocycles. The van der Waals surface area contributed by atoms with Gasteiger partial charge in [-0.15, -0.1) is 0 Å². The summed E-state index contributed by atoms with van der Waals surface area (Å²) in [6.45, 7) is 3.25. The largest absolute Gasteiger partial charge is 0.302 e. The van der Waals surface area contributed by atoms with Crippen LogP contribution in [0.3, 0.4) is 0 Å². The van der Waals surface area contributed by atoms with E-state index in [0.717, 1.165) is 43.1 Å². The van der Waals surface area contributed by atoms with Crippen molar-refractivity contribution in [2.45, 2.75) is 24.2 Å². The molecular formula is C26H30N2O2S. The highest BCUT2D eigenvalue weighted by Crippen LogP contribution is 2.22. The first-order valence-corrected chi connectivity index (χ1v) is 12.5. The second-order valence-electron chi connectivity index (χ2n) is 8.26. The van der Waals surface area contributed by atoms with Crippen LogP contribution in [0.1, 0.15) is 18.4 Å². The van der Waals surface area contributed by atoms with Crippen molar-refractivity contribution in [3.8, 4) is 11.1 Å². The summed E-state index contributed by atoms with van der Waals surface area (Å²) >= 11 is 0. The van der Waals surface area contributed by atoms with Crippen molar-refractivity contribution in [1.29, 1.82) is 0 Å². The van der Waals surface area contributed by atoms with Crippen LogP contribution in [0, 0.1) is 5.92 Å². The van der Waals surface area contributed by atoms with Gasteiger partial charge in [0.2, 0.25) is 10.0 Å². The molecule has 3 aromatic carbocycles. The first-order valence-electron chi connectivity index (χ1n) is 11.0. The third kappa shape index (κ3) is 6.03. The van der Waals surface area contributed by atoms with Crippen LogP contribution < -0.4 is 4.72 Å². The van der Waals surface area contributed by atoms with E-state index in [-0.39, 0.29) is 0 Å². The van der Waals surface area contributed by atoms with Gasteiger partial charge in [0, 0.05) is 13.1 Å². The van der Waals surface area contributed by atoms with Crippen molar-refractivity contribution in [2.75, 3.05) is 26.2 Å². The summed E-state index contributed by atoms with van der Waals surface area (Å²) in [6.07, 6.45) is 3.48. The molecule has 4 nitrogen and oxygen atoms in total. The van der Waals surface area contributed by atoms with Gasteiger partial charge in [0.15, 0.2) is 0 Å². The van der Waals surface area contributed by atoms with Crippen LogP contribution in [-0.4, -0.2) is 39.5 Å². The number of likely N-dealkylation sites (tertiary alicyclic amines) is 1. The Morgan fingerprint density at radius 2 is 1.35 bits per heavy atom. The molecule has 0 amide bonds. The number of sulfonamides is 1. The Kier molecular flexibility index (Phi) is 7.17. The maximum atomic E-state index is 12.6. The van der Waals surface area contributed by atoms with Gasteiger partial charge in [0.05, 0.1) is 4.90 Å². The number of benzene rings is 3. The van der Waals surface area contributed by atoms with Crippen LogP contribution in [-0.2, 0) is 16.4 Å². The number of piperidine rings is 1. The first kappa shape index (κ1) is 21.8. The lowest BCUT2D eigenvalue weighted by Crippen LogP contribution is -2.39. The molecule has 0 saturated carbocycles. The Morgan fingerprint density at radius 3 is 2.00 bits per heavy atom. The summed E-state index contributed by atoms with van der Waals surface area (Å²) < 4.78 is 28.1. The summed E-state index contributed by atoms with van der Waals surface area (Å²) in [5, 5.41) is 0. The smallest absolute Gasteiger partial charge is 0.240 e. The van der Waals surface area contributed by atoms with Gasteiger partial charge in [-0.05, 0) is 67.1 Å². The molecule has 1 fully saturated rings. The van der Waals surface area contributed by atoms with Crippen LogP contribution in [0.15, 0.2) is 89.8 Å². The minimum Gasteiger partial charge on any atom is -0.302 e. The predicted molar refractivity (Wildman–Crippen MR) is 126 cm³/mol. The van der Waals surface area contributed by atoms with Crippen LogP contribution in [0.5, 0.6) is 0 Å². The molecule has 5 heteroatoms. The highest BCUT2D eigenvalue weighted by molar-refractivity contribution is 7.89. The molecule has 1 N–H and O–H groups in total. The van der Waals surface area contributed by atoms with E-state index in [4.69, 9.17) is 0 Å². The summed E-state index contributed by atoms with van der Waals surface area (Å²) in [5.41, 5.74) is 3.50. The van der Waals surface area contributed by atoms with Crippen molar-refractivity contribution in [2.24, 2.45) is 5.92 Å². The number of hydrogen-bond donors (Lipinski definition) is 1. The fraction of sp³-hybridized carbons (Fsp3) is 0.308. The van der Waals surface area contributed by atoms with Gasteiger partial charge in [-0.2, -0.15) is 0 Å². The lowest BCUT2D eigenvalue weighted by Gasteiger charge is -2.32. The Bertz CT molecular complexity index is 1040. The Balaban J connectivity index is 1.23. The lowest BCUT2D eigenvalue weighted by molar-refractivity contribution is 0.187. The van der Waals surface area contributed by atoms with E-state index in [1.54, 1.807) is 12.1 Å². The fourth-order valence-electron chi connectivity index (χ4n) is 4.24. The highest BCUT2D eigenvalue weighted by Gasteiger charge is 2.20. The van der Waals surface area contributed by atoms with Gasteiger partial charge in [-0.25, -0.2) is 13.1 Å². The molecule has 0 spiro atoms. The molecule has 162 valence electrons. The summed E-state index contributed by atoms with van der Waals surface area (Å²) in [5.74, 6) is 0.721. The van der Waals surface area contributed by atoms with Crippen molar-refractivity contribution >= 4 is 10.0 Å². The third-order valence-corrected chi connectivity index (χ3v) is 7.54. The molecule has 0 atom stereocenters. The van der Waals surface area contributed by atoms with Crippen molar-refractivity contribution in [3.05, 3.63) is 90.5 Å². The summed E-state index contributed by atoms with van der Waals surface area (Å²) in [4.78, 5) is 2.68. The zero-order valence-corrected chi connectivity index (χ0v) is 18.6. The summed E-state index contributed by atoms with van der Waals surface area (Å²) in [6, 6.07) is 27.7. The number of rotatable bonds is 8. The molecule has 0 aliphatic carbocycles. The maximum absolute atomic E-state index is 12.6. The maximum Gasteiger partial charge on any atom is 0.240 e. The SMILES string of the molecule is O=S(=O)(NCCN1CCC(Cc2ccccc2)CC1)c1ccc(-c2ccccc2)cc1. The van der Waals surface area contributed by atoms with Gasteiger partial charge < -0.3 is 4.90 Å². The molecule has 1 heterocycles. The molecule has 3 aromatic rings. The number of nitrogens with one attached hydrogen (secondary N) is 1. The van der Waals surface area contributed by atoms with Crippen molar-refractivity contribution in [3.63, 3.8) is 0 Å². The average molecular weight is 435 g/mol. The Labute approximate surface area is 186 Å². The molecule has 0 aromatic heterocycles. The quantitative estimate of drug-likeness (QED) is 0.564. The lowest BCUT2D eigenvalue weighted by atomic mass is 9.90. The van der Waals surface area contributed by atoms with E-state index in [9.17, 15) is 8.42 Å². The third-order valence-electron chi connectivity index (χ3n) is 6.07. The molecule has 0 radical (unpaired) electrons. The molecule has 0 unspecified atom stereocenters. The van der Waals surface area contributed by atoms with E-state index in [0.29, 0.717) is 11.4 Å². The van der Waals surface area contributed by atoms with Gasteiger partial charge >= 0.3 is 0 Å². The van der Waals surface area contributed by atoms with E-state index in [2.05, 4.69) is 40.0 Å². The topological polar surface area (TPSA) is 49.4 Å². The van der Waals surface area contributed by atoms with Crippen molar-refractivity contribution in [1.82, 2.24) is 9.62 Å². The molecule has 1 saturated heterocycles.